The molecule has 0 radical (unpaired) electrons. The largest absolute Gasteiger partial charge is 0.348 e. The van der Waals surface area contributed by atoms with Crippen molar-refractivity contribution in [3.05, 3.63) is 72.9 Å². The fourth-order valence-corrected chi connectivity index (χ4v) is 1.21. The van der Waals surface area contributed by atoms with Gasteiger partial charge in [-0.2, -0.15) is 0 Å². The van der Waals surface area contributed by atoms with Gasteiger partial charge in [-0.25, -0.2) is 0 Å². The number of amides is 1. The van der Waals surface area contributed by atoms with Crippen LogP contribution in [0.4, 0.5) is 0 Å². The highest BCUT2D eigenvalue weighted by Gasteiger charge is 2.04. The van der Waals surface area contributed by atoms with Crippen molar-refractivity contribution in [3.63, 3.8) is 0 Å². The molecule has 96 valence electrons. The topological polar surface area (TPSA) is 29.1 Å². The maximum Gasteiger partial charge on any atom is 0.251 e. The molecule has 1 amide bonds. The van der Waals surface area contributed by atoms with Crippen molar-refractivity contribution >= 4 is 5.91 Å². The van der Waals surface area contributed by atoms with Crippen molar-refractivity contribution in [2.24, 2.45) is 0 Å². The lowest BCUT2D eigenvalue weighted by Crippen LogP contribution is -2.26. The lowest BCUT2D eigenvalue weighted by Gasteiger charge is -2.06. The molecule has 2 heteroatoms. The second kappa shape index (κ2) is 10.1. The van der Waals surface area contributed by atoms with Crippen molar-refractivity contribution in [1.82, 2.24) is 5.32 Å². The fraction of sp³-hybridized carbons (Fsp3) is 0.188. The summed E-state index contributed by atoms with van der Waals surface area (Å²) in [4.78, 5) is 11.8. The third-order valence-corrected chi connectivity index (χ3v) is 2.26. The standard InChI is InChI=1S/C16H21NO/c1-5-9-11-14(7-3)13-17-16(18)15(8-4)12-10-6-2/h5-12H,1-2,13H2,3-4H3,(H,17,18)/b11-9-,12-10-,14-7+,15-8+. The van der Waals surface area contributed by atoms with Crippen molar-refractivity contribution in [3.8, 4) is 0 Å². The van der Waals surface area contributed by atoms with E-state index in [1.807, 2.05) is 32.1 Å². The minimum atomic E-state index is -0.0954. The van der Waals surface area contributed by atoms with Gasteiger partial charge in [-0.1, -0.05) is 55.7 Å². The summed E-state index contributed by atoms with van der Waals surface area (Å²) in [6.07, 6.45) is 14.3. The average molecular weight is 243 g/mol. The van der Waals surface area contributed by atoms with E-state index < -0.39 is 0 Å². The number of hydrogen-bond donors (Lipinski definition) is 1. The van der Waals surface area contributed by atoms with Crippen LogP contribution >= 0.6 is 0 Å². The second-order valence-electron chi connectivity index (χ2n) is 3.48. The third kappa shape index (κ3) is 6.48. The Morgan fingerprint density at radius 2 is 1.67 bits per heavy atom. The zero-order valence-corrected chi connectivity index (χ0v) is 11.1. The Labute approximate surface area is 110 Å². The zero-order valence-electron chi connectivity index (χ0n) is 11.1. The van der Waals surface area contributed by atoms with Crippen LogP contribution in [-0.4, -0.2) is 12.5 Å². The number of rotatable bonds is 7. The summed E-state index contributed by atoms with van der Waals surface area (Å²) in [7, 11) is 0. The molecule has 0 heterocycles. The van der Waals surface area contributed by atoms with E-state index in [0.29, 0.717) is 12.1 Å². The van der Waals surface area contributed by atoms with Crippen LogP contribution in [0.2, 0.25) is 0 Å². The Hall–Kier alpha value is -2.09. The summed E-state index contributed by atoms with van der Waals surface area (Å²) in [5.41, 5.74) is 1.66. The van der Waals surface area contributed by atoms with E-state index in [-0.39, 0.29) is 5.91 Å². The Morgan fingerprint density at radius 3 is 2.17 bits per heavy atom. The Balaban J connectivity index is 4.48. The predicted octanol–water partition coefficient (Wildman–Crippen LogP) is 3.48. The van der Waals surface area contributed by atoms with Crippen LogP contribution < -0.4 is 5.32 Å². The van der Waals surface area contributed by atoms with E-state index in [4.69, 9.17) is 0 Å². The van der Waals surface area contributed by atoms with Gasteiger partial charge in [0.05, 0.1) is 0 Å². The summed E-state index contributed by atoms with van der Waals surface area (Å²) >= 11 is 0. The Bertz CT molecular complexity index is 409. The van der Waals surface area contributed by atoms with Crippen LogP contribution in [0.5, 0.6) is 0 Å². The minimum absolute atomic E-state index is 0.0954. The van der Waals surface area contributed by atoms with Crippen LogP contribution in [-0.2, 0) is 4.79 Å². The molecule has 2 nitrogen and oxygen atoms in total. The monoisotopic (exact) mass is 243 g/mol. The second-order valence-corrected chi connectivity index (χ2v) is 3.48. The lowest BCUT2D eigenvalue weighted by molar-refractivity contribution is -0.117. The van der Waals surface area contributed by atoms with Gasteiger partial charge >= 0.3 is 0 Å². The molecule has 0 aromatic rings. The first-order valence-corrected chi connectivity index (χ1v) is 5.87. The molecular weight excluding hydrogens is 222 g/mol. The number of carbonyl (C=O) groups excluding carboxylic acids is 1. The molecule has 18 heavy (non-hydrogen) atoms. The van der Waals surface area contributed by atoms with E-state index in [2.05, 4.69) is 18.5 Å². The molecule has 0 saturated heterocycles. The Morgan fingerprint density at radius 1 is 1.06 bits per heavy atom. The zero-order chi connectivity index (χ0) is 13.8. The number of hydrogen-bond acceptors (Lipinski definition) is 1. The number of carbonyl (C=O) groups is 1. The van der Waals surface area contributed by atoms with Crippen molar-refractivity contribution in [1.29, 1.82) is 0 Å². The molecule has 0 bridgehead atoms. The first-order valence-electron chi connectivity index (χ1n) is 5.87. The summed E-state index contributed by atoms with van der Waals surface area (Å²) in [6.45, 7) is 11.4. The third-order valence-electron chi connectivity index (χ3n) is 2.26. The van der Waals surface area contributed by atoms with Gasteiger partial charge in [-0.3, -0.25) is 4.79 Å². The first-order chi connectivity index (χ1) is 8.69. The molecule has 0 fully saturated rings. The van der Waals surface area contributed by atoms with Gasteiger partial charge in [0.25, 0.3) is 5.91 Å². The highest BCUT2D eigenvalue weighted by atomic mass is 16.1. The minimum Gasteiger partial charge on any atom is -0.348 e. The van der Waals surface area contributed by atoms with Crippen LogP contribution in [0.1, 0.15) is 13.8 Å². The molecule has 0 aliphatic carbocycles. The van der Waals surface area contributed by atoms with Gasteiger partial charge in [0, 0.05) is 12.1 Å². The molecule has 0 atom stereocenters. The van der Waals surface area contributed by atoms with Crippen molar-refractivity contribution < 1.29 is 4.79 Å². The van der Waals surface area contributed by atoms with E-state index >= 15 is 0 Å². The quantitative estimate of drug-likeness (QED) is 0.538. The van der Waals surface area contributed by atoms with E-state index in [0.717, 1.165) is 5.57 Å². The molecule has 0 spiro atoms. The van der Waals surface area contributed by atoms with Gasteiger partial charge in [-0.05, 0) is 25.5 Å². The normalized spacial score (nSPS) is 13.0. The van der Waals surface area contributed by atoms with Crippen LogP contribution in [0.15, 0.2) is 72.9 Å². The van der Waals surface area contributed by atoms with Crippen LogP contribution in [0.3, 0.4) is 0 Å². The summed E-state index contributed by atoms with van der Waals surface area (Å²) in [5, 5.41) is 2.86. The van der Waals surface area contributed by atoms with E-state index in [9.17, 15) is 4.79 Å². The smallest absolute Gasteiger partial charge is 0.251 e. The maximum atomic E-state index is 11.8. The molecule has 0 unspecified atom stereocenters. The molecule has 0 saturated carbocycles. The van der Waals surface area contributed by atoms with E-state index in [1.165, 1.54) is 0 Å². The van der Waals surface area contributed by atoms with Crippen molar-refractivity contribution in [2.45, 2.75) is 13.8 Å². The Kier molecular flexibility index (Phi) is 8.92. The number of allylic oxidation sites excluding steroid dienone is 6. The average Bonchev–Trinajstić information content (AvgIpc) is 2.39. The first kappa shape index (κ1) is 15.9. The highest BCUT2D eigenvalue weighted by molar-refractivity contribution is 5.96. The van der Waals surface area contributed by atoms with Crippen LogP contribution in [0.25, 0.3) is 0 Å². The van der Waals surface area contributed by atoms with Crippen molar-refractivity contribution in [2.75, 3.05) is 6.54 Å². The van der Waals surface area contributed by atoms with Crippen LogP contribution in [0, 0.1) is 0 Å². The summed E-state index contributed by atoms with van der Waals surface area (Å²) in [5.74, 6) is -0.0954. The lowest BCUT2D eigenvalue weighted by atomic mass is 10.2. The summed E-state index contributed by atoms with van der Waals surface area (Å²) < 4.78 is 0. The van der Waals surface area contributed by atoms with Gasteiger partial charge in [0.2, 0.25) is 0 Å². The maximum absolute atomic E-state index is 11.8. The summed E-state index contributed by atoms with van der Waals surface area (Å²) in [6, 6.07) is 0. The fourth-order valence-electron chi connectivity index (χ4n) is 1.21. The predicted molar refractivity (Wildman–Crippen MR) is 79.2 cm³/mol. The molecular formula is C16H21NO. The molecule has 0 aliphatic heterocycles. The van der Waals surface area contributed by atoms with Gasteiger partial charge in [0.15, 0.2) is 0 Å². The SMILES string of the molecule is C=C/C=C\C(=C/C)CNC(=O)C(/C=C\C=C)=C/C. The molecule has 0 aromatic heterocycles. The molecule has 1 N–H and O–H groups in total. The highest BCUT2D eigenvalue weighted by Crippen LogP contribution is 2.00. The van der Waals surface area contributed by atoms with Gasteiger partial charge < -0.3 is 5.32 Å². The van der Waals surface area contributed by atoms with Gasteiger partial charge in [-0.15, -0.1) is 0 Å². The van der Waals surface area contributed by atoms with Gasteiger partial charge in [0.1, 0.15) is 0 Å². The van der Waals surface area contributed by atoms with E-state index in [1.54, 1.807) is 30.4 Å². The molecule has 0 aromatic carbocycles. The molecule has 0 aliphatic rings. The molecule has 0 rings (SSSR count). The number of nitrogens with one attached hydrogen (secondary N) is 1.